The number of hydrogen-bond acceptors (Lipinski definition) is 5. The highest BCUT2D eigenvalue weighted by molar-refractivity contribution is 7.89. The van der Waals surface area contributed by atoms with Gasteiger partial charge in [-0.25, -0.2) is 22.9 Å². The Hall–Kier alpha value is -1.51. The highest BCUT2D eigenvalue weighted by Gasteiger charge is 2.22. The van der Waals surface area contributed by atoms with E-state index in [-0.39, 0.29) is 23.7 Å². The molecule has 0 aliphatic rings. The first kappa shape index (κ1) is 15.5. The van der Waals surface area contributed by atoms with Gasteiger partial charge < -0.3 is 10.2 Å². The van der Waals surface area contributed by atoms with Crippen LogP contribution in [0.5, 0.6) is 0 Å². The van der Waals surface area contributed by atoms with E-state index in [2.05, 4.69) is 9.71 Å². The van der Waals surface area contributed by atoms with Gasteiger partial charge in [0.1, 0.15) is 0 Å². The third-order valence-corrected chi connectivity index (χ3v) is 3.74. The number of nitrogens with zero attached hydrogens (tertiary/aromatic N) is 1. The molecular formula is C11H16N2O5S. The molecule has 1 heterocycles. The third kappa shape index (κ3) is 4.27. The molecule has 0 fully saturated rings. The first-order chi connectivity index (χ1) is 8.68. The monoisotopic (exact) mass is 288 g/mol. The van der Waals surface area contributed by atoms with Gasteiger partial charge in [0, 0.05) is 24.8 Å². The zero-order valence-electron chi connectivity index (χ0n) is 10.6. The molecule has 1 aromatic rings. The minimum absolute atomic E-state index is 0.0498. The van der Waals surface area contributed by atoms with Crippen molar-refractivity contribution in [3.05, 3.63) is 23.9 Å². The van der Waals surface area contributed by atoms with Gasteiger partial charge in [0.2, 0.25) is 0 Å². The van der Waals surface area contributed by atoms with Crippen molar-refractivity contribution < 1.29 is 23.4 Å². The Labute approximate surface area is 111 Å². The maximum atomic E-state index is 11.9. The van der Waals surface area contributed by atoms with E-state index < -0.39 is 21.4 Å². The fourth-order valence-corrected chi connectivity index (χ4v) is 2.25. The molecule has 19 heavy (non-hydrogen) atoms. The average molecular weight is 288 g/mol. The van der Waals surface area contributed by atoms with Gasteiger partial charge in [-0.15, -0.1) is 0 Å². The molecule has 0 bridgehead atoms. The molecule has 0 unspecified atom stereocenters. The lowest BCUT2D eigenvalue weighted by atomic mass is 9.96. The quantitative estimate of drug-likeness (QED) is 0.682. The first-order valence-electron chi connectivity index (χ1n) is 5.48. The van der Waals surface area contributed by atoms with Crippen LogP contribution in [-0.4, -0.2) is 42.7 Å². The van der Waals surface area contributed by atoms with Crippen LogP contribution in [0.4, 0.5) is 0 Å². The van der Waals surface area contributed by atoms with Crippen molar-refractivity contribution in [2.45, 2.75) is 18.9 Å². The SMILES string of the molecule is CC(C)(CO)CNS(=O)(=O)c1ccc(C(=O)O)cn1. The minimum Gasteiger partial charge on any atom is -0.478 e. The molecule has 0 radical (unpaired) electrons. The van der Waals surface area contributed by atoms with E-state index in [9.17, 15) is 13.2 Å². The topological polar surface area (TPSA) is 117 Å². The van der Waals surface area contributed by atoms with Gasteiger partial charge in [-0.05, 0) is 12.1 Å². The number of pyridine rings is 1. The molecule has 3 N–H and O–H groups in total. The lowest BCUT2D eigenvalue weighted by molar-refractivity contribution is 0.0696. The summed E-state index contributed by atoms with van der Waals surface area (Å²) in [5.74, 6) is -1.18. The van der Waals surface area contributed by atoms with E-state index in [0.717, 1.165) is 12.3 Å². The molecule has 8 heteroatoms. The van der Waals surface area contributed by atoms with Crippen molar-refractivity contribution in [1.29, 1.82) is 0 Å². The molecule has 0 saturated carbocycles. The number of aromatic carboxylic acids is 1. The fraction of sp³-hybridized carbons (Fsp3) is 0.455. The maximum absolute atomic E-state index is 11.9. The molecule has 106 valence electrons. The van der Waals surface area contributed by atoms with Crippen LogP contribution in [0.2, 0.25) is 0 Å². The number of rotatable bonds is 6. The van der Waals surface area contributed by atoms with Gasteiger partial charge in [0.15, 0.2) is 5.03 Å². The van der Waals surface area contributed by atoms with Crippen molar-refractivity contribution in [3.8, 4) is 0 Å². The van der Waals surface area contributed by atoms with Gasteiger partial charge >= 0.3 is 5.97 Å². The number of carbonyl (C=O) groups is 1. The van der Waals surface area contributed by atoms with Gasteiger partial charge in [-0.3, -0.25) is 0 Å². The summed E-state index contributed by atoms with van der Waals surface area (Å²) < 4.78 is 26.1. The van der Waals surface area contributed by atoms with E-state index in [0.29, 0.717) is 0 Å². The average Bonchev–Trinajstić information content (AvgIpc) is 2.37. The third-order valence-electron chi connectivity index (χ3n) is 2.43. The number of nitrogens with one attached hydrogen (secondary N) is 1. The van der Waals surface area contributed by atoms with E-state index >= 15 is 0 Å². The molecule has 0 spiro atoms. The van der Waals surface area contributed by atoms with E-state index in [1.165, 1.54) is 6.07 Å². The van der Waals surface area contributed by atoms with Crippen LogP contribution in [0.3, 0.4) is 0 Å². The number of carboxylic acid groups (broad SMARTS) is 1. The summed E-state index contributed by atoms with van der Waals surface area (Å²) in [6.07, 6.45) is 0.980. The van der Waals surface area contributed by atoms with Crippen molar-refractivity contribution in [3.63, 3.8) is 0 Å². The van der Waals surface area contributed by atoms with E-state index in [1.54, 1.807) is 13.8 Å². The van der Waals surface area contributed by atoms with Crippen LogP contribution in [-0.2, 0) is 10.0 Å². The summed E-state index contributed by atoms with van der Waals surface area (Å²) in [6.45, 7) is 3.29. The summed E-state index contributed by atoms with van der Waals surface area (Å²) >= 11 is 0. The van der Waals surface area contributed by atoms with Crippen molar-refractivity contribution in [2.24, 2.45) is 5.41 Å². The molecule has 0 amide bonds. The van der Waals surface area contributed by atoms with E-state index in [1.807, 2.05) is 0 Å². The highest BCUT2D eigenvalue weighted by atomic mass is 32.2. The minimum atomic E-state index is -3.81. The Morgan fingerprint density at radius 2 is 2.05 bits per heavy atom. The molecule has 1 rings (SSSR count). The van der Waals surface area contributed by atoms with Crippen LogP contribution < -0.4 is 4.72 Å². The molecule has 0 aromatic carbocycles. The number of aliphatic hydroxyl groups is 1. The van der Waals surface area contributed by atoms with Gasteiger partial charge in [-0.2, -0.15) is 0 Å². The summed E-state index contributed by atoms with van der Waals surface area (Å²) in [6, 6.07) is 2.29. The zero-order valence-corrected chi connectivity index (χ0v) is 11.4. The largest absolute Gasteiger partial charge is 0.478 e. The van der Waals surface area contributed by atoms with Crippen LogP contribution in [0.15, 0.2) is 23.4 Å². The standard InChI is InChI=1S/C11H16N2O5S/c1-11(2,7-14)6-13-19(17,18)9-4-3-8(5-12-9)10(15)16/h3-5,13-14H,6-7H2,1-2H3,(H,15,16). The molecule has 0 aliphatic heterocycles. The van der Waals surface area contributed by atoms with E-state index in [4.69, 9.17) is 10.2 Å². The summed E-state index contributed by atoms with van der Waals surface area (Å²) in [7, 11) is -3.81. The molecule has 0 aliphatic carbocycles. The van der Waals surface area contributed by atoms with Crippen molar-refractivity contribution in [1.82, 2.24) is 9.71 Å². The molecule has 0 saturated heterocycles. The predicted octanol–water partition coefficient (Wildman–Crippen LogP) is 0.0766. The number of sulfonamides is 1. The van der Waals surface area contributed by atoms with Crippen molar-refractivity contribution >= 4 is 16.0 Å². The maximum Gasteiger partial charge on any atom is 0.337 e. The molecule has 1 aromatic heterocycles. The number of carboxylic acids is 1. The Morgan fingerprint density at radius 1 is 1.42 bits per heavy atom. The smallest absolute Gasteiger partial charge is 0.337 e. The Bertz CT molecular complexity index is 551. The Kier molecular flexibility index (Phi) is 4.61. The Morgan fingerprint density at radius 3 is 2.47 bits per heavy atom. The summed E-state index contributed by atoms with van der Waals surface area (Å²) in [4.78, 5) is 14.2. The number of hydrogen-bond donors (Lipinski definition) is 3. The van der Waals surface area contributed by atoms with Crippen LogP contribution >= 0.6 is 0 Å². The summed E-state index contributed by atoms with van der Waals surface area (Å²) in [5, 5.41) is 17.5. The van der Waals surface area contributed by atoms with Crippen LogP contribution in [0.1, 0.15) is 24.2 Å². The fourth-order valence-electron chi connectivity index (χ4n) is 1.09. The van der Waals surface area contributed by atoms with Gasteiger partial charge in [0.05, 0.1) is 5.56 Å². The van der Waals surface area contributed by atoms with Crippen molar-refractivity contribution in [2.75, 3.05) is 13.2 Å². The highest BCUT2D eigenvalue weighted by Crippen LogP contribution is 2.14. The second kappa shape index (κ2) is 5.64. The normalized spacial score (nSPS) is 12.4. The predicted molar refractivity (Wildman–Crippen MR) is 67.3 cm³/mol. The lowest BCUT2D eigenvalue weighted by Crippen LogP contribution is -2.36. The second-order valence-corrected chi connectivity index (χ2v) is 6.55. The van der Waals surface area contributed by atoms with Gasteiger partial charge in [0.25, 0.3) is 10.0 Å². The number of aromatic nitrogens is 1. The first-order valence-corrected chi connectivity index (χ1v) is 6.96. The van der Waals surface area contributed by atoms with Crippen LogP contribution in [0, 0.1) is 5.41 Å². The lowest BCUT2D eigenvalue weighted by Gasteiger charge is -2.21. The molecule has 7 nitrogen and oxygen atoms in total. The Balaban J connectivity index is 2.86. The van der Waals surface area contributed by atoms with Crippen LogP contribution in [0.25, 0.3) is 0 Å². The second-order valence-electron chi connectivity index (χ2n) is 4.84. The summed E-state index contributed by atoms with van der Waals surface area (Å²) in [5.41, 5.74) is -0.678. The number of aliphatic hydroxyl groups excluding tert-OH is 1. The molecular weight excluding hydrogens is 272 g/mol. The van der Waals surface area contributed by atoms with Gasteiger partial charge in [-0.1, -0.05) is 13.8 Å². The molecule has 0 atom stereocenters. The zero-order chi connectivity index (χ0) is 14.7.